The van der Waals surface area contributed by atoms with E-state index in [-0.39, 0.29) is 5.88 Å². The lowest BCUT2D eigenvalue weighted by Crippen LogP contribution is -2.20. The van der Waals surface area contributed by atoms with Crippen LogP contribution >= 0.6 is 11.6 Å². The van der Waals surface area contributed by atoms with Crippen molar-refractivity contribution in [1.29, 1.82) is 0 Å². The highest BCUT2D eigenvalue weighted by Crippen LogP contribution is 2.15. The molecule has 0 fully saturated rings. The zero-order valence-electron chi connectivity index (χ0n) is 9.45. The van der Waals surface area contributed by atoms with Crippen LogP contribution in [0.5, 0.6) is 5.75 Å². The molecule has 0 aromatic heterocycles. The number of hydrogen-bond donors (Lipinski definition) is 2. The zero-order chi connectivity index (χ0) is 11.8. The molecule has 1 aromatic rings. The number of aliphatic hydroxyl groups excluding tert-OH is 1. The largest absolute Gasteiger partial charge is 0.494 e. The zero-order valence-corrected chi connectivity index (χ0v) is 10.2. The van der Waals surface area contributed by atoms with Gasteiger partial charge in [-0.15, -0.1) is 11.6 Å². The van der Waals surface area contributed by atoms with Crippen molar-refractivity contribution < 1.29 is 9.84 Å². The van der Waals surface area contributed by atoms with Gasteiger partial charge in [0, 0.05) is 12.2 Å². The van der Waals surface area contributed by atoms with Gasteiger partial charge in [-0.1, -0.05) is 6.92 Å². The van der Waals surface area contributed by atoms with Gasteiger partial charge in [0.1, 0.15) is 5.75 Å². The molecule has 1 unspecified atom stereocenters. The van der Waals surface area contributed by atoms with E-state index >= 15 is 0 Å². The standard InChI is InChI=1S/C12H18ClNO2/c1-2-7-16-12-5-3-10(4-6-12)14-9-11(15)8-13/h3-6,11,14-15H,2,7-9H2,1H3. The summed E-state index contributed by atoms with van der Waals surface area (Å²) in [5.41, 5.74) is 0.952. The first-order valence-corrected chi connectivity index (χ1v) is 6.00. The van der Waals surface area contributed by atoms with Crippen molar-refractivity contribution in [3.63, 3.8) is 0 Å². The molecule has 4 heteroatoms. The first-order valence-electron chi connectivity index (χ1n) is 5.47. The van der Waals surface area contributed by atoms with Crippen LogP contribution in [0.25, 0.3) is 0 Å². The van der Waals surface area contributed by atoms with Crippen molar-refractivity contribution in [2.45, 2.75) is 19.4 Å². The van der Waals surface area contributed by atoms with E-state index in [4.69, 9.17) is 16.3 Å². The summed E-state index contributed by atoms with van der Waals surface area (Å²) in [6, 6.07) is 7.66. The summed E-state index contributed by atoms with van der Waals surface area (Å²) in [5.74, 6) is 1.11. The molecule has 0 aliphatic carbocycles. The molecule has 1 atom stereocenters. The number of nitrogens with one attached hydrogen (secondary N) is 1. The minimum atomic E-state index is -0.516. The average Bonchev–Trinajstić information content (AvgIpc) is 2.34. The van der Waals surface area contributed by atoms with E-state index in [2.05, 4.69) is 12.2 Å². The summed E-state index contributed by atoms with van der Waals surface area (Å²) in [6.07, 6.45) is 0.486. The molecule has 3 nitrogen and oxygen atoms in total. The number of aliphatic hydroxyl groups is 1. The van der Waals surface area contributed by atoms with Gasteiger partial charge in [-0.25, -0.2) is 0 Å². The molecule has 0 bridgehead atoms. The summed E-state index contributed by atoms with van der Waals surface area (Å²) in [7, 11) is 0. The van der Waals surface area contributed by atoms with Gasteiger partial charge < -0.3 is 15.2 Å². The summed E-state index contributed by atoms with van der Waals surface area (Å²) in [4.78, 5) is 0. The van der Waals surface area contributed by atoms with Crippen LogP contribution in [-0.2, 0) is 0 Å². The third-order valence-corrected chi connectivity index (χ3v) is 2.40. The highest BCUT2D eigenvalue weighted by atomic mass is 35.5. The molecule has 1 rings (SSSR count). The summed E-state index contributed by atoms with van der Waals surface area (Å²) < 4.78 is 5.46. The van der Waals surface area contributed by atoms with Crippen molar-refractivity contribution in [3.05, 3.63) is 24.3 Å². The van der Waals surface area contributed by atoms with E-state index in [0.29, 0.717) is 6.54 Å². The van der Waals surface area contributed by atoms with Crippen LogP contribution in [0.4, 0.5) is 5.69 Å². The molecule has 0 heterocycles. The Kier molecular flexibility index (Phi) is 6.04. The second-order valence-electron chi connectivity index (χ2n) is 3.56. The first kappa shape index (κ1) is 13.1. The molecule has 0 saturated heterocycles. The predicted octanol–water partition coefficient (Wildman–Crippen LogP) is 2.49. The van der Waals surface area contributed by atoms with Crippen LogP contribution in [0.3, 0.4) is 0 Å². The Morgan fingerprint density at radius 3 is 2.62 bits per heavy atom. The highest BCUT2D eigenvalue weighted by Gasteiger charge is 2.01. The Labute approximate surface area is 101 Å². The van der Waals surface area contributed by atoms with Gasteiger partial charge in [0.05, 0.1) is 18.6 Å². The van der Waals surface area contributed by atoms with Gasteiger partial charge in [0.15, 0.2) is 0 Å². The van der Waals surface area contributed by atoms with Crippen molar-refractivity contribution in [2.75, 3.05) is 24.3 Å². The molecule has 16 heavy (non-hydrogen) atoms. The van der Waals surface area contributed by atoms with Crippen LogP contribution < -0.4 is 10.1 Å². The fraction of sp³-hybridized carbons (Fsp3) is 0.500. The molecule has 0 amide bonds. The minimum absolute atomic E-state index is 0.241. The molecular formula is C12H18ClNO2. The third-order valence-electron chi connectivity index (χ3n) is 2.05. The molecule has 0 aliphatic rings. The lowest BCUT2D eigenvalue weighted by molar-refractivity contribution is 0.211. The Balaban J connectivity index is 2.38. The van der Waals surface area contributed by atoms with Gasteiger partial charge >= 0.3 is 0 Å². The number of anilines is 1. The quantitative estimate of drug-likeness (QED) is 0.723. The van der Waals surface area contributed by atoms with Crippen molar-refractivity contribution in [2.24, 2.45) is 0 Å². The topological polar surface area (TPSA) is 41.5 Å². The van der Waals surface area contributed by atoms with Crippen molar-refractivity contribution in [1.82, 2.24) is 0 Å². The molecule has 0 spiro atoms. The van der Waals surface area contributed by atoms with Gasteiger partial charge in [-0.05, 0) is 30.7 Å². The maximum Gasteiger partial charge on any atom is 0.119 e. The Morgan fingerprint density at radius 2 is 2.06 bits per heavy atom. The highest BCUT2D eigenvalue weighted by molar-refractivity contribution is 6.18. The number of rotatable bonds is 7. The second kappa shape index (κ2) is 7.36. The Hall–Kier alpha value is -0.930. The number of ether oxygens (including phenoxy) is 1. The molecular weight excluding hydrogens is 226 g/mol. The van der Waals surface area contributed by atoms with Gasteiger partial charge in [-0.3, -0.25) is 0 Å². The van der Waals surface area contributed by atoms with E-state index in [1.807, 2.05) is 24.3 Å². The van der Waals surface area contributed by atoms with Gasteiger partial charge in [0.2, 0.25) is 0 Å². The minimum Gasteiger partial charge on any atom is -0.494 e. The van der Waals surface area contributed by atoms with Crippen molar-refractivity contribution in [3.8, 4) is 5.75 Å². The normalized spacial score (nSPS) is 12.2. The van der Waals surface area contributed by atoms with Crippen LogP contribution in [0.2, 0.25) is 0 Å². The molecule has 0 aliphatic heterocycles. The van der Waals surface area contributed by atoms with Crippen LogP contribution in [-0.4, -0.2) is 30.2 Å². The lowest BCUT2D eigenvalue weighted by Gasteiger charge is -2.10. The summed E-state index contributed by atoms with van der Waals surface area (Å²) in [5, 5.41) is 12.4. The average molecular weight is 244 g/mol. The fourth-order valence-corrected chi connectivity index (χ4v) is 1.29. The SMILES string of the molecule is CCCOc1ccc(NCC(O)CCl)cc1. The lowest BCUT2D eigenvalue weighted by atomic mass is 10.3. The maximum atomic E-state index is 9.27. The monoisotopic (exact) mass is 243 g/mol. The summed E-state index contributed by atoms with van der Waals surface area (Å²) >= 11 is 5.49. The van der Waals surface area contributed by atoms with Crippen molar-refractivity contribution >= 4 is 17.3 Å². The molecule has 1 aromatic carbocycles. The van der Waals surface area contributed by atoms with Gasteiger partial charge in [0.25, 0.3) is 0 Å². The van der Waals surface area contributed by atoms with Crippen LogP contribution in [0.15, 0.2) is 24.3 Å². The van der Waals surface area contributed by atoms with E-state index < -0.39 is 6.10 Å². The molecule has 0 saturated carbocycles. The van der Waals surface area contributed by atoms with E-state index in [1.165, 1.54) is 0 Å². The number of alkyl halides is 1. The Bertz CT molecular complexity index is 290. The fourth-order valence-electron chi connectivity index (χ4n) is 1.18. The van der Waals surface area contributed by atoms with Crippen LogP contribution in [0, 0.1) is 0 Å². The molecule has 2 N–H and O–H groups in total. The smallest absolute Gasteiger partial charge is 0.119 e. The van der Waals surface area contributed by atoms with E-state index in [9.17, 15) is 5.11 Å². The van der Waals surface area contributed by atoms with Gasteiger partial charge in [-0.2, -0.15) is 0 Å². The predicted molar refractivity (Wildman–Crippen MR) is 67.4 cm³/mol. The first-order chi connectivity index (χ1) is 7.76. The van der Waals surface area contributed by atoms with E-state index in [1.54, 1.807) is 0 Å². The number of halogens is 1. The molecule has 90 valence electrons. The third kappa shape index (κ3) is 4.73. The summed E-state index contributed by atoms with van der Waals surface area (Å²) in [6.45, 7) is 3.26. The molecule has 0 radical (unpaired) electrons. The number of hydrogen-bond acceptors (Lipinski definition) is 3. The van der Waals surface area contributed by atoms with Crippen LogP contribution in [0.1, 0.15) is 13.3 Å². The number of benzene rings is 1. The second-order valence-corrected chi connectivity index (χ2v) is 3.87. The van der Waals surface area contributed by atoms with E-state index in [0.717, 1.165) is 24.5 Å². The Morgan fingerprint density at radius 1 is 1.38 bits per heavy atom. The maximum absolute atomic E-state index is 9.27.